The average molecular weight is 252 g/mol. The predicted octanol–water partition coefficient (Wildman–Crippen LogP) is 6.73. The van der Waals surface area contributed by atoms with Gasteiger partial charge >= 0.3 is 0 Å². The Morgan fingerprint density at radius 3 is 1.61 bits per heavy atom. The number of rotatable bonds is 10. The molecule has 1 rings (SSSR count). The molecule has 0 saturated heterocycles. The summed E-state index contributed by atoms with van der Waals surface area (Å²) < 4.78 is 0. The lowest BCUT2D eigenvalue weighted by molar-refractivity contribution is 0.235. The van der Waals surface area contributed by atoms with Gasteiger partial charge in [-0.05, 0) is 18.3 Å². The van der Waals surface area contributed by atoms with Gasteiger partial charge in [-0.1, -0.05) is 97.3 Å². The van der Waals surface area contributed by atoms with E-state index in [1.807, 2.05) is 0 Å². The van der Waals surface area contributed by atoms with Crippen LogP contribution in [0.3, 0.4) is 0 Å². The molecule has 0 radical (unpaired) electrons. The van der Waals surface area contributed by atoms with Crippen molar-refractivity contribution in [3.05, 3.63) is 0 Å². The van der Waals surface area contributed by atoms with Crippen LogP contribution in [0.25, 0.3) is 0 Å². The van der Waals surface area contributed by atoms with Crippen LogP contribution < -0.4 is 0 Å². The maximum atomic E-state index is 2.31. The van der Waals surface area contributed by atoms with Crippen molar-refractivity contribution < 1.29 is 0 Å². The highest BCUT2D eigenvalue weighted by molar-refractivity contribution is 4.73. The average Bonchev–Trinajstić information content (AvgIpc) is 2.40. The van der Waals surface area contributed by atoms with Crippen LogP contribution in [0.1, 0.15) is 104 Å². The smallest absolute Gasteiger partial charge is 0.0412 e. The molecule has 1 aliphatic carbocycles. The molecule has 0 aliphatic heterocycles. The first-order valence-corrected chi connectivity index (χ1v) is 8.86. The maximum absolute atomic E-state index is 2.31. The largest absolute Gasteiger partial charge is 0.0654 e. The van der Waals surface area contributed by atoms with E-state index in [1.165, 1.54) is 83.5 Å². The van der Waals surface area contributed by atoms with Crippen molar-refractivity contribution in [1.82, 2.24) is 0 Å². The molecule has 1 fully saturated rings. The van der Waals surface area contributed by atoms with Gasteiger partial charge in [0.25, 0.3) is 0 Å². The predicted molar refractivity (Wildman–Crippen MR) is 83.0 cm³/mol. The molecule has 0 N–H and O–H groups in total. The normalized spacial score (nSPS) is 24.3. The van der Waals surface area contributed by atoms with Crippen LogP contribution in [0.15, 0.2) is 0 Å². The minimum atomic E-state index is 1.09. The fourth-order valence-corrected chi connectivity index (χ4v) is 3.65. The van der Waals surface area contributed by atoms with Crippen molar-refractivity contribution in [2.45, 2.75) is 104 Å². The first kappa shape index (κ1) is 16.1. The lowest BCUT2D eigenvalue weighted by Gasteiger charge is -2.29. The second-order valence-electron chi connectivity index (χ2n) is 6.60. The molecule has 0 heteroatoms. The van der Waals surface area contributed by atoms with E-state index in [-0.39, 0.29) is 0 Å². The van der Waals surface area contributed by atoms with Crippen molar-refractivity contribution in [2.24, 2.45) is 11.8 Å². The van der Waals surface area contributed by atoms with Crippen LogP contribution in [-0.2, 0) is 0 Å². The van der Waals surface area contributed by atoms with Crippen LogP contribution in [0.4, 0.5) is 0 Å². The summed E-state index contributed by atoms with van der Waals surface area (Å²) in [4.78, 5) is 0. The van der Waals surface area contributed by atoms with Gasteiger partial charge in [0, 0.05) is 0 Å². The molecule has 0 nitrogen and oxygen atoms in total. The standard InChI is InChI=1S/C18H36/c1-3-5-7-9-12-17-14-11-15-18(16-17)13-10-8-6-4-2/h17-18H,3-16H2,1-2H3/t17-,18+. The highest BCUT2D eigenvalue weighted by atomic mass is 14.3. The van der Waals surface area contributed by atoms with Crippen molar-refractivity contribution in [1.29, 1.82) is 0 Å². The number of hydrogen-bond donors (Lipinski definition) is 0. The molecule has 2 atom stereocenters. The minimum Gasteiger partial charge on any atom is -0.0654 e. The van der Waals surface area contributed by atoms with E-state index in [0.29, 0.717) is 0 Å². The van der Waals surface area contributed by atoms with Gasteiger partial charge in [0.2, 0.25) is 0 Å². The summed E-state index contributed by atoms with van der Waals surface area (Å²) in [6.07, 6.45) is 20.9. The van der Waals surface area contributed by atoms with E-state index >= 15 is 0 Å². The zero-order chi connectivity index (χ0) is 13.1. The second-order valence-corrected chi connectivity index (χ2v) is 6.60. The van der Waals surface area contributed by atoms with E-state index in [4.69, 9.17) is 0 Å². The molecule has 0 heterocycles. The fourth-order valence-electron chi connectivity index (χ4n) is 3.65. The molecule has 0 spiro atoms. The number of hydrogen-bond acceptors (Lipinski definition) is 0. The molecule has 0 amide bonds. The molecular weight excluding hydrogens is 216 g/mol. The highest BCUT2D eigenvalue weighted by Crippen LogP contribution is 2.35. The van der Waals surface area contributed by atoms with Gasteiger partial charge in [0.1, 0.15) is 0 Å². The Balaban J connectivity index is 2.04. The first-order chi connectivity index (χ1) is 8.86. The highest BCUT2D eigenvalue weighted by Gasteiger charge is 2.20. The van der Waals surface area contributed by atoms with Crippen LogP contribution in [0.2, 0.25) is 0 Å². The maximum Gasteiger partial charge on any atom is -0.0412 e. The molecule has 0 unspecified atom stereocenters. The molecule has 1 aliphatic rings. The Morgan fingerprint density at radius 2 is 1.17 bits per heavy atom. The quantitative estimate of drug-likeness (QED) is 0.378. The van der Waals surface area contributed by atoms with Crippen LogP contribution in [0, 0.1) is 11.8 Å². The summed E-state index contributed by atoms with van der Waals surface area (Å²) >= 11 is 0. The molecule has 0 aromatic heterocycles. The molecular formula is C18H36. The van der Waals surface area contributed by atoms with Gasteiger partial charge in [-0.25, -0.2) is 0 Å². The van der Waals surface area contributed by atoms with Crippen molar-refractivity contribution in [3.8, 4) is 0 Å². The van der Waals surface area contributed by atoms with Gasteiger partial charge in [-0.2, -0.15) is 0 Å². The van der Waals surface area contributed by atoms with Crippen molar-refractivity contribution in [2.75, 3.05) is 0 Å². The SMILES string of the molecule is CCCCCC[C@@H]1CCC[C@H](CCCCCC)C1. The summed E-state index contributed by atoms with van der Waals surface area (Å²) in [7, 11) is 0. The molecule has 0 aromatic carbocycles. The van der Waals surface area contributed by atoms with Gasteiger partial charge in [-0.3, -0.25) is 0 Å². The van der Waals surface area contributed by atoms with Gasteiger partial charge in [0.05, 0.1) is 0 Å². The van der Waals surface area contributed by atoms with Crippen molar-refractivity contribution >= 4 is 0 Å². The Labute approximate surface area is 116 Å². The lowest BCUT2D eigenvalue weighted by atomic mass is 9.77. The zero-order valence-corrected chi connectivity index (χ0v) is 13.1. The molecule has 1 saturated carbocycles. The van der Waals surface area contributed by atoms with E-state index in [1.54, 1.807) is 6.42 Å². The third kappa shape index (κ3) is 7.44. The summed E-state index contributed by atoms with van der Waals surface area (Å²) in [5.74, 6) is 2.18. The Morgan fingerprint density at radius 1 is 0.667 bits per heavy atom. The Kier molecular flexibility index (Phi) is 9.70. The summed E-state index contributed by atoms with van der Waals surface area (Å²) in [5.41, 5.74) is 0. The zero-order valence-electron chi connectivity index (χ0n) is 13.1. The van der Waals surface area contributed by atoms with Gasteiger partial charge in [-0.15, -0.1) is 0 Å². The van der Waals surface area contributed by atoms with Gasteiger partial charge < -0.3 is 0 Å². The Hall–Kier alpha value is 0. The van der Waals surface area contributed by atoms with Gasteiger partial charge in [0.15, 0.2) is 0 Å². The summed E-state index contributed by atoms with van der Waals surface area (Å²) in [6, 6.07) is 0. The molecule has 0 aromatic rings. The summed E-state index contributed by atoms with van der Waals surface area (Å²) in [6.45, 7) is 4.62. The van der Waals surface area contributed by atoms with E-state index in [0.717, 1.165) is 11.8 Å². The first-order valence-electron chi connectivity index (χ1n) is 8.86. The van der Waals surface area contributed by atoms with Crippen LogP contribution in [0.5, 0.6) is 0 Å². The van der Waals surface area contributed by atoms with Crippen molar-refractivity contribution in [3.63, 3.8) is 0 Å². The van der Waals surface area contributed by atoms with Crippen LogP contribution in [-0.4, -0.2) is 0 Å². The molecule has 108 valence electrons. The second kappa shape index (κ2) is 10.9. The lowest BCUT2D eigenvalue weighted by Crippen LogP contribution is -2.15. The summed E-state index contributed by atoms with van der Waals surface area (Å²) in [5, 5.41) is 0. The topological polar surface area (TPSA) is 0 Å². The molecule has 0 bridgehead atoms. The van der Waals surface area contributed by atoms with E-state index < -0.39 is 0 Å². The van der Waals surface area contributed by atoms with Crippen LogP contribution >= 0.6 is 0 Å². The van der Waals surface area contributed by atoms with E-state index in [2.05, 4.69) is 13.8 Å². The fraction of sp³-hybridized carbons (Fsp3) is 1.00. The van der Waals surface area contributed by atoms with E-state index in [9.17, 15) is 0 Å². The minimum absolute atomic E-state index is 1.09. The molecule has 18 heavy (non-hydrogen) atoms. The number of unbranched alkanes of at least 4 members (excludes halogenated alkanes) is 6. The Bertz CT molecular complexity index is 155. The third-order valence-electron chi connectivity index (χ3n) is 4.82. The monoisotopic (exact) mass is 252 g/mol. The third-order valence-corrected chi connectivity index (χ3v) is 4.82.